The first-order valence-corrected chi connectivity index (χ1v) is 11.3. The molecule has 1 amide bonds. The molecule has 2 heterocycles. The van der Waals surface area contributed by atoms with Crippen LogP contribution >= 0.6 is 0 Å². The molecule has 1 aliphatic heterocycles. The molecule has 3 aromatic carbocycles. The number of carbonyl (C=O) groups is 1. The second kappa shape index (κ2) is 9.80. The molecular weight excluding hydrogens is 445 g/mol. The highest BCUT2D eigenvalue weighted by Gasteiger charge is 2.31. The van der Waals surface area contributed by atoms with Gasteiger partial charge in [-0.3, -0.25) is 10.1 Å². The van der Waals surface area contributed by atoms with Crippen molar-refractivity contribution in [2.75, 3.05) is 17.7 Å². The van der Waals surface area contributed by atoms with Crippen molar-refractivity contribution >= 4 is 23.9 Å². The lowest BCUT2D eigenvalue weighted by Crippen LogP contribution is -2.28. The summed E-state index contributed by atoms with van der Waals surface area (Å²) < 4.78 is 20.2. The predicted molar refractivity (Wildman–Crippen MR) is 133 cm³/mol. The van der Waals surface area contributed by atoms with E-state index in [9.17, 15) is 9.18 Å². The molecule has 0 fully saturated rings. The molecule has 0 saturated carbocycles. The van der Waals surface area contributed by atoms with Crippen molar-refractivity contribution in [2.24, 2.45) is 0 Å². The Bertz CT molecular complexity index is 1330. The lowest BCUT2D eigenvalue weighted by molar-refractivity contribution is -0.111. The van der Waals surface area contributed by atoms with Gasteiger partial charge >= 0.3 is 0 Å². The first-order valence-electron chi connectivity index (χ1n) is 11.3. The minimum absolute atomic E-state index is 0.0296. The Balaban J connectivity index is 1.40. The summed E-state index contributed by atoms with van der Waals surface area (Å²) in [5.41, 5.74) is 2.92. The Morgan fingerprint density at radius 2 is 1.80 bits per heavy atom. The Labute approximate surface area is 202 Å². The van der Waals surface area contributed by atoms with Gasteiger partial charge in [-0.1, -0.05) is 54.6 Å². The summed E-state index contributed by atoms with van der Waals surface area (Å²) in [5.74, 6) is 0.851. The molecule has 4 aromatic rings. The number of nitrogens with zero attached hydrogens (tertiary/aromatic N) is 3. The van der Waals surface area contributed by atoms with Crippen LogP contribution in [-0.2, 0) is 4.79 Å². The standard InChI is InChI=1S/C27H24FN5O2/c1-35-22-14-10-20(11-15-22)24-17-23(19-5-3-2-4-6-19)29-27-31-26(32-33(24)27)30-25(34)16-9-18-7-12-21(28)13-8-18/h2-16,23-24H,17H2,1H3,(H2,29,30,31,32,34). The molecule has 176 valence electrons. The molecule has 0 spiro atoms. The minimum Gasteiger partial charge on any atom is -0.497 e. The SMILES string of the molecule is COc1ccc(C2CC(c3ccccc3)Nc3nc(NC(=O)C=Cc4ccc(F)cc4)nn32)cc1. The number of rotatable bonds is 6. The molecular formula is C27H24FN5O2. The number of fused-ring (bicyclic) bond motifs is 1. The van der Waals surface area contributed by atoms with Gasteiger partial charge < -0.3 is 10.1 Å². The highest BCUT2D eigenvalue weighted by molar-refractivity contribution is 6.00. The molecule has 1 aliphatic rings. The molecule has 1 aromatic heterocycles. The fourth-order valence-electron chi connectivity index (χ4n) is 4.14. The molecule has 8 heteroatoms. The highest BCUT2D eigenvalue weighted by atomic mass is 19.1. The van der Waals surface area contributed by atoms with Crippen molar-refractivity contribution in [3.05, 3.63) is 107 Å². The molecule has 5 rings (SSSR count). The molecule has 35 heavy (non-hydrogen) atoms. The van der Waals surface area contributed by atoms with Gasteiger partial charge in [0, 0.05) is 6.08 Å². The molecule has 7 nitrogen and oxygen atoms in total. The van der Waals surface area contributed by atoms with Gasteiger partial charge in [-0.15, -0.1) is 5.10 Å². The van der Waals surface area contributed by atoms with Crippen LogP contribution in [0, 0.1) is 5.82 Å². The van der Waals surface area contributed by atoms with Gasteiger partial charge in [0.15, 0.2) is 0 Å². The summed E-state index contributed by atoms with van der Waals surface area (Å²) in [5, 5.41) is 10.8. The summed E-state index contributed by atoms with van der Waals surface area (Å²) in [7, 11) is 1.64. The molecule has 2 atom stereocenters. The van der Waals surface area contributed by atoms with Crippen LogP contribution in [-0.4, -0.2) is 27.8 Å². The van der Waals surface area contributed by atoms with E-state index in [1.165, 1.54) is 18.2 Å². The number of aromatic nitrogens is 3. The largest absolute Gasteiger partial charge is 0.497 e. The van der Waals surface area contributed by atoms with Crippen LogP contribution in [0.1, 0.15) is 35.2 Å². The number of benzene rings is 3. The van der Waals surface area contributed by atoms with E-state index in [0.717, 1.165) is 23.3 Å². The number of amides is 1. The Kier molecular flexibility index (Phi) is 6.26. The summed E-state index contributed by atoms with van der Waals surface area (Å²) in [6.45, 7) is 0. The zero-order chi connectivity index (χ0) is 24.2. The second-order valence-corrected chi connectivity index (χ2v) is 8.21. The van der Waals surface area contributed by atoms with Gasteiger partial charge in [-0.2, -0.15) is 4.98 Å². The van der Waals surface area contributed by atoms with E-state index in [2.05, 4.69) is 32.8 Å². The maximum atomic E-state index is 13.1. The maximum Gasteiger partial charge on any atom is 0.250 e. The second-order valence-electron chi connectivity index (χ2n) is 8.21. The Morgan fingerprint density at radius 3 is 2.51 bits per heavy atom. The third-order valence-corrected chi connectivity index (χ3v) is 5.92. The zero-order valence-electron chi connectivity index (χ0n) is 19.1. The number of methoxy groups -OCH3 is 1. The number of ether oxygens (including phenoxy) is 1. The number of anilines is 2. The Morgan fingerprint density at radius 1 is 1.06 bits per heavy atom. The number of hydrogen-bond acceptors (Lipinski definition) is 5. The van der Waals surface area contributed by atoms with Crippen molar-refractivity contribution in [3.63, 3.8) is 0 Å². The highest BCUT2D eigenvalue weighted by Crippen LogP contribution is 2.38. The van der Waals surface area contributed by atoms with Gasteiger partial charge in [0.05, 0.1) is 19.2 Å². The average molecular weight is 470 g/mol. The van der Waals surface area contributed by atoms with E-state index in [4.69, 9.17) is 4.74 Å². The topological polar surface area (TPSA) is 81.1 Å². The van der Waals surface area contributed by atoms with Crippen LogP contribution in [0.15, 0.2) is 84.9 Å². The van der Waals surface area contributed by atoms with Crippen molar-refractivity contribution in [1.29, 1.82) is 0 Å². The lowest BCUT2D eigenvalue weighted by Gasteiger charge is -2.31. The summed E-state index contributed by atoms with van der Waals surface area (Å²) >= 11 is 0. The van der Waals surface area contributed by atoms with Crippen LogP contribution in [0.5, 0.6) is 5.75 Å². The molecule has 0 bridgehead atoms. The van der Waals surface area contributed by atoms with E-state index >= 15 is 0 Å². The van der Waals surface area contributed by atoms with Crippen molar-refractivity contribution in [2.45, 2.75) is 18.5 Å². The van der Waals surface area contributed by atoms with Crippen LogP contribution in [0.2, 0.25) is 0 Å². The number of hydrogen-bond donors (Lipinski definition) is 2. The molecule has 2 unspecified atom stereocenters. The fraction of sp³-hybridized carbons (Fsp3) is 0.148. The van der Waals surface area contributed by atoms with Crippen LogP contribution in [0.4, 0.5) is 16.3 Å². The molecule has 0 radical (unpaired) electrons. The van der Waals surface area contributed by atoms with Gasteiger partial charge in [0.1, 0.15) is 11.6 Å². The number of nitrogens with one attached hydrogen (secondary N) is 2. The van der Waals surface area contributed by atoms with E-state index in [1.807, 2.05) is 42.5 Å². The quantitative estimate of drug-likeness (QED) is 0.378. The van der Waals surface area contributed by atoms with E-state index in [-0.39, 0.29) is 29.8 Å². The van der Waals surface area contributed by atoms with Crippen LogP contribution in [0.25, 0.3) is 6.08 Å². The van der Waals surface area contributed by atoms with Crippen LogP contribution in [0.3, 0.4) is 0 Å². The van der Waals surface area contributed by atoms with Crippen LogP contribution < -0.4 is 15.4 Å². The van der Waals surface area contributed by atoms with E-state index < -0.39 is 0 Å². The predicted octanol–water partition coefficient (Wildman–Crippen LogP) is 5.22. The van der Waals surface area contributed by atoms with E-state index in [0.29, 0.717) is 11.5 Å². The fourth-order valence-corrected chi connectivity index (χ4v) is 4.14. The zero-order valence-corrected chi connectivity index (χ0v) is 19.1. The average Bonchev–Trinajstić information content (AvgIpc) is 3.30. The smallest absolute Gasteiger partial charge is 0.250 e. The molecule has 0 saturated heterocycles. The van der Waals surface area contributed by atoms with Gasteiger partial charge in [-0.05, 0) is 53.5 Å². The summed E-state index contributed by atoms with van der Waals surface area (Å²) in [6.07, 6.45) is 3.73. The van der Waals surface area contributed by atoms with Gasteiger partial charge in [-0.25, -0.2) is 9.07 Å². The molecule has 0 aliphatic carbocycles. The van der Waals surface area contributed by atoms with Gasteiger partial charge in [0.25, 0.3) is 11.9 Å². The maximum absolute atomic E-state index is 13.1. The summed E-state index contributed by atoms with van der Waals surface area (Å²) in [4.78, 5) is 17.0. The minimum atomic E-state index is -0.377. The third-order valence-electron chi connectivity index (χ3n) is 5.92. The van der Waals surface area contributed by atoms with Crippen molar-refractivity contribution < 1.29 is 13.9 Å². The third kappa shape index (κ3) is 5.06. The monoisotopic (exact) mass is 469 g/mol. The van der Waals surface area contributed by atoms with E-state index in [1.54, 1.807) is 30.0 Å². The number of carbonyl (C=O) groups excluding carboxylic acids is 1. The van der Waals surface area contributed by atoms with Crippen molar-refractivity contribution in [1.82, 2.24) is 14.8 Å². The first kappa shape index (κ1) is 22.3. The number of halogens is 1. The molecule has 2 N–H and O–H groups in total. The normalized spacial score (nSPS) is 17.0. The van der Waals surface area contributed by atoms with Gasteiger partial charge in [0.2, 0.25) is 5.95 Å². The van der Waals surface area contributed by atoms with Crippen molar-refractivity contribution in [3.8, 4) is 5.75 Å². The lowest BCUT2D eigenvalue weighted by atomic mass is 9.93. The Hall–Kier alpha value is -4.46. The summed E-state index contributed by atoms with van der Waals surface area (Å²) in [6, 6.07) is 23.9. The first-order chi connectivity index (χ1) is 17.1.